The molecule has 5 heteroatoms. The maximum absolute atomic E-state index is 11.0. The molecule has 0 radical (unpaired) electrons. The molecule has 0 atom stereocenters. The fourth-order valence-electron chi connectivity index (χ4n) is 2.32. The van der Waals surface area contributed by atoms with Crippen molar-refractivity contribution in [3.05, 3.63) is 59.7 Å². The second kappa shape index (κ2) is 5.12. The average molecular weight is 326 g/mol. The summed E-state index contributed by atoms with van der Waals surface area (Å²) in [4.78, 5) is 14.5. The molecular weight excluding hydrogens is 316 g/mol. The van der Waals surface area contributed by atoms with Gasteiger partial charge >= 0.3 is 5.97 Å². The molecule has 4 rings (SSSR count). The van der Waals surface area contributed by atoms with Gasteiger partial charge in [0.05, 0.1) is 6.26 Å². The van der Waals surface area contributed by atoms with Crippen LogP contribution in [0.2, 0.25) is 0 Å². The highest BCUT2D eigenvalue weighted by Gasteiger charge is 2.11. The number of aromatic carboxylic acids is 1. The van der Waals surface area contributed by atoms with E-state index in [0.29, 0.717) is 4.88 Å². The summed E-state index contributed by atoms with van der Waals surface area (Å²) < 4.78 is 5.44. The lowest BCUT2D eigenvalue weighted by atomic mass is 10.1. The number of benzene rings is 1. The van der Waals surface area contributed by atoms with Gasteiger partial charge in [-0.3, -0.25) is 0 Å². The zero-order valence-corrected chi connectivity index (χ0v) is 12.9. The Hall–Kier alpha value is -2.37. The molecule has 3 aromatic heterocycles. The number of thiophene rings is 2. The van der Waals surface area contributed by atoms with Gasteiger partial charge in [-0.25, -0.2) is 4.79 Å². The fourth-order valence-corrected chi connectivity index (χ4v) is 4.26. The number of furan rings is 1. The Morgan fingerprint density at radius 1 is 0.909 bits per heavy atom. The quantitative estimate of drug-likeness (QED) is 0.534. The van der Waals surface area contributed by atoms with Gasteiger partial charge in [0.15, 0.2) is 0 Å². The number of carboxylic acid groups (broad SMARTS) is 1. The van der Waals surface area contributed by atoms with Crippen molar-refractivity contribution in [1.82, 2.24) is 0 Å². The SMILES string of the molecule is O=C(O)c1ccc(-c2ccc(-c3ccc4ccoc4c3)s2)s1. The van der Waals surface area contributed by atoms with Crippen molar-refractivity contribution in [3.8, 4) is 20.2 Å². The average Bonchev–Trinajstić information content (AvgIpc) is 3.25. The molecule has 3 nitrogen and oxygen atoms in total. The van der Waals surface area contributed by atoms with E-state index >= 15 is 0 Å². The van der Waals surface area contributed by atoms with Gasteiger partial charge in [0, 0.05) is 20.0 Å². The van der Waals surface area contributed by atoms with Gasteiger partial charge in [0.1, 0.15) is 10.5 Å². The summed E-state index contributed by atoms with van der Waals surface area (Å²) in [5.41, 5.74) is 1.98. The van der Waals surface area contributed by atoms with Gasteiger partial charge in [-0.05, 0) is 42.0 Å². The van der Waals surface area contributed by atoms with Crippen LogP contribution in [0.1, 0.15) is 9.67 Å². The molecule has 4 aromatic rings. The van der Waals surface area contributed by atoms with Crippen LogP contribution in [-0.4, -0.2) is 11.1 Å². The fraction of sp³-hybridized carbons (Fsp3) is 0. The Morgan fingerprint density at radius 2 is 1.68 bits per heavy atom. The van der Waals surface area contributed by atoms with E-state index in [2.05, 4.69) is 12.1 Å². The Kier molecular flexibility index (Phi) is 3.10. The molecule has 3 heterocycles. The van der Waals surface area contributed by atoms with E-state index in [4.69, 9.17) is 9.52 Å². The first-order valence-electron chi connectivity index (χ1n) is 6.62. The van der Waals surface area contributed by atoms with Crippen LogP contribution in [-0.2, 0) is 0 Å². The van der Waals surface area contributed by atoms with E-state index in [1.54, 1.807) is 23.7 Å². The highest BCUT2D eigenvalue weighted by molar-refractivity contribution is 7.24. The van der Waals surface area contributed by atoms with Gasteiger partial charge in [-0.15, -0.1) is 22.7 Å². The highest BCUT2D eigenvalue weighted by atomic mass is 32.1. The Labute approximate surface area is 134 Å². The maximum atomic E-state index is 11.0. The number of fused-ring (bicyclic) bond motifs is 1. The highest BCUT2D eigenvalue weighted by Crippen LogP contribution is 2.38. The van der Waals surface area contributed by atoms with Crippen LogP contribution in [0, 0.1) is 0 Å². The number of hydrogen-bond donors (Lipinski definition) is 1. The van der Waals surface area contributed by atoms with Crippen molar-refractivity contribution in [2.45, 2.75) is 0 Å². The van der Waals surface area contributed by atoms with Gasteiger partial charge < -0.3 is 9.52 Å². The standard InChI is InChI=1S/C17H10O3S2/c18-17(19)16-6-5-15(22-16)14-4-3-13(21-14)11-2-1-10-7-8-20-12(10)9-11/h1-9H,(H,18,19). The molecule has 1 N–H and O–H groups in total. The molecule has 108 valence electrons. The Morgan fingerprint density at radius 3 is 2.50 bits per heavy atom. The van der Waals surface area contributed by atoms with Crippen molar-refractivity contribution in [3.63, 3.8) is 0 Å². The van der Waals surface area contributed by atoms with Crippen molar-refractivity contribution in [2.24, 2.45) is 0 Å². The third-order valence-electron chi connectivity index (χ3n) is 3.41. The van der Waals surface area contributed by atoms with Crippen LogP contribution in [0.4, 0.5) is 0 Å². The lowest BCUT2D eigenvalue weighted by molar-refractivity contribution is 0.0702. The zero-order chi connectivity index (χ0) is 15.1. The van der Waals surface area contributed by atoms with Gasteiger partial charge in [-0.1, -0.05) is 12.1 Å². The molecule has 0 spiro atoms. The summed E-state index contributed by atoms with van der Waals surface area (Å²) in [6.45, 7) is 0. The number of hydrogen-bond acceptors (Lipinski definition) is 4. The van der Waals surface area contributed by atoms with E-state index in [1.807, 2.05) is 30.3 Å². The van der Waals surface area contributed by atoms with E-state index in [0.717, 1.165) is 31.2 Å². The molecule has 1 aromatic carbocycles. The number of carbonyl (C=O) groups is 1. The number of carboxylic acids is 1. The van der Waals surface area contributed by atoms with E-state index in [1.165, 1.54) is 11.3 Å². The molecular formula is C17H10O3S2. The minimum Gasteiger partial charge on any atom is -0.477 e. The van der Waals surface area contributed by atoms with Crippen LogP contribution in [0.5, 0.6) is 0 Å². The first-order chi connectivity index (χ1) is 10.7. The molecule has 0 aliphatic carbocycles. The predicted molar refractivity (Wildman–Crippen MR) is 89.8 cm³/mol. The summed E-state index contributed by atoms with van der Waals surface area (Å²) in [5.74, 6) is -0.878. The van der Waals surface area contributed by atoms with Crippen molar-refractivity contribution >= 4 is 39.6 Å². The number of rotatable bonds is 3. The van der Waals surface area contributed by atoms with Crippen LogP contribution >= 0.6 is 22.7 Å². The lowest BCUT2D eigenvalue weighted by Gasteiger charge is -1.97. The first-order valence-corrected chi connectivity index (χ1v) is 8.25. The molecule has 0 aliphatic heterocycles. The predicted octanol–water partition coefficient (Wildman–Crippen LogP) is 5.59. The zero-order valence-electron chi connectivity index (χ0n) is 11.3. The third-order valence-corrected chi connectivity index (χ3v) is 5.81. The van der Waals surface area contributed by atoms with Crippen LogP contribution < -0.4 is 0 Å². The van der Waals surface area contributed by atoms with Gasteiger partial charge in [0.25, 0.3) is 0 Å². The van der Waals surface area contributed by atoms with Crippen LogP contribution in [0.25, 0.3) is 31.2 Å². The third kappa shape index (κ3) is 2.24. The summed E-state index contributed by atoms with van der Waals surface area (Å²) in [6.07, 6.45) is 1.69. The second-order valence-electron chi connectivity index (χ2n) is 4.81. The molecule has 22 heavy (non-hydrogen) atoms. The van der Waals surface area contributed by atoms with Crippen molar-refractivity contribution in [2.75, 3.05) is 0 Å². The van der Waals surface area contributed by atoms with Gasteiger partial charge in [0.2, 0.25) is 0 Å². The topological polar surface area (TPSA) is 50.4 Å². The normalized spacial score (nSPS) is 11.1. The Balaban J connectivity index is 1.71. The van der Waals surface area contributed by atoms with Gasteiger partial charge in [-0.2, -0.15) is 0 Å². The largest absolute Gasteiger partial charge is 0.477 e. The molecule has 0 aliphatic rings. The van der Waals surface area contributed by atoms with E-state index in [9.17, 15) is 4.79 Å². The monoisotopic (exact) mass is 326 g/mol. The van der Waals surface area contributed by atoms with Crippen LogP contribution in [0.15, 0.2) is 59.2 Å². The minimum atomic E-state index is -0.878. The minimum absolute atomic E-state index is 0.363. The summed E-state index contributed by atoms with van der Waals surface area (Å²) in [6, 6.07) is 15.7. The summed E-state index contributed by atoms with van der Waals surface area (Å²) in [5, 5.41) is 10.1. The molecule has 0 amide bonds. The molecule has 0 saturated heterocycles. The Bertz CT molecular complexity index is 975. The summed E-state index contributed by atoms with van der Waals surface area (Å²) >= 11 is 2.95. The van der Waals surface area contributed by atoms with E-state index in [-0.39, 0.29) is 0 Å². The lowest BCUT2D eigenvalue weighted by Crippen LogP contribution is -1.89. The molecule has 0 saturated carbocycles. The van der Waals surface area contributed by atoms with Crippen molar-refractivity contribution < 1.29 is 14.3 Å². The first kappa shape index (κ1) is 13.3. The summed E-state index contributed by atoms with van der Waals surface area (Å²) in [7, 11) is 0. The molecule has 0 fully saturated rings. The van der Waals surface area contributed by atoms with Crippen LogP contribution in [0.3, 0.4) is 0 Å². The smallest absolute Gasteiger partial charge is 0.345 e. The van der Waals surface area contributed by atoms with E-state index < -0.39 is 5.97 Å². The van der Waals surface area contributed by atoms with Crippen molar-refractivity contribution in [1.29, 1.82) is 0 Å². The maximum Gasteiger partial charge on any atom is 0.345 e. The second-order valence-corrected chi connectivity index (χ2v) is 6.97. The molecule has 0 unspecified atom stereocenters. The molecule has 0 bridgehead atoms.